The van der Waals surface area contributed by atoms with Gasteiger partial charge < -0.3 is 9.47 Å². The van der Waals surface area contributed by atoms with Crippen LogP contribution in [-0.4, -0.2) is 44.5 Å². The van der Waals surface area contributed by atoms with Crippen molar-refractivity contribution in [2.24, 2.45) is 0 Å². The molecule has 1 aromatic rings. The Hall–Kier alpha value is -2.41. The largest absolute Gasteiger partial charge is 0.465 e. The number of ether oxygens (including phenoxy) is 2. The van der Waals surface area contributed by atoms with Gasteiger partial charge in [0.1, 0.15) is 6.61 Å². The van der Waals surface area contributed by atoms with E-state index in [-0.39, 0.29) is 12.4 Å². The molecular formula is C21H29NO5Si. The van der Waals surface area contributed by atoms with Crippen LogP contribution >= 0.6 is 0 Å². The summed E-state index contributed by atoms with van der Waals surface area (Å²) in [5.41, 5.74) is 1.22. The van der Waals surface area contributed by atoms with Crippen LogP contribution < -0.4 is 0 Å². The Morgan fingerprint density at radius 2 is 1.68 bits per heavy atom. The fraction of sp³-hybridized carbons (Fsp3) is 0.476. The fourth-order valence-corrected chi connectivity index (χ4v) is 7.42. The molecular weight excluding hydrogens is 374 g/mol. The number of nitrogens with zero attached hydrogens (tertiary/aromatic N) is 1. The number of amides is 1. The number of hydrogen-bond acceptors (Lipinski definition) is 5. The molecule has 0 saturated heterocycles. The van der Waals surface area contributed by atoms with Gasteiger partial charge in [0.25, 0.3) is 0 Å². The molecule has 1 aromatic carbocycles. The zero-order chi connectivity index (χ0) is 20.7. The molecule has 0 N–H and O–H groups in total. The summed E-state index contributed by atoms with van der Waals surface area (Å²) in [5, 5.41) is 0.866. The lowest BCUT2D eigenvalue weighted by atomic mass is 10.1. The number of methoxy groups -OCH3 is 1. The Balaban J connectivity index is 2.07. The van der Waals surface area contributed by atoms with Crippen molar-refractivity contribution in [3.63, 3.8) is 0 Å². The summed E-state index contributed by atoms with van der Waals surface area (Å²) in [7, 11) is -0.527. The Bertz CT molecular complexity index is 744. The molecule has 28 heavy (non-hydrogen) atoms. The molecule has 7 heteroatoms. The van der Waals surface area contributed by atoms with Crippen molar-refractivity contribution in [1.29, 1.82) is 0 Å². The number of benzene rings is 1. The Morgan fingerprint density at radius 1 is 1.07 bits per heavy atom. The van der Waals surface area contributed by atoms with Crippen LogP contribution in [0.4, 0.5) is 4.79 Å². The minimum Gasteiger partial charge on any atom is -0.465 e. The summed E-state index contributed by atoms with van der Waals surface area (Å²) in [6.07, 6.45) is 1.65. The molecule has 0 atom stereocenters. The van der Waals surface area contributed by atoms with Crippen molar-refractivity contribution >= 4 is 25.9 Å². The number of Topliss-reactive ketones (excluding diaryl/α,β-unsaturated/α-hetero) is 1. The molecule has 0 fully saturated rings. The van der Waals surface area contributed by atoms with Gasteiger partial charge in [0.2, 0.25) is 0 Å². The van der Waals surface area contributed by atoms with E-state index >= 15 is 0 Å². The molecule has 0 spiro atoms. The lowest BCUT2D eigenvalue weighted by Gasteiger charge is -2.34. The van der Waals surface area contributed by atoms with Gasteiger partial charge in [-0.15, -0.1) is 0 Å². The van der Waals surface area contributed by atoms with Crippen molar-refractivity contribution in [3.05, 3.63) is 46.8 Å². The number of allylic oxidation sites excluding steroid dienone is 1. The minimum atomic E-state index is -1.86. The van der Waals surface area contributed by atoms with E-state index in [9.17, 15) is 14.4 Å². The van der Waals surface area contributed by atoms with Crippen LogP contribution in [0.2, 0.25) is 18.1 Å². The number of ketones is 1. The molecule has 6 nitrogen and oxygen atoms in total. The number of rotatable bonds is 7. The second-order valence-electron chi connectivity index (χ2n) is 6.99. The molecule has 1 heterocycles. The first-order valence-electron chi connectivity index (χ1n) is 9.76. The maximum Gasteiger partial charge on any atom is 0.414 e. The molecule has 1 aliphatic heterocycles. The highest BCUT2D eigenvalue weighted by Crippen LogP contribution is 2.32. The normalized spacial score (nSPS) is 14.5. The van der Waals surface area contributed by atoms with Gasteiger partial charge in [0.05, 0.1) is 20.7 Å². The maximum atomic E-state index is 12.5. The SMILES string of the molecule is CC[Si](CC)(CC)C1=CN(C(=O)OCc2ccc(C(=O)OC)cc2)CCC1=O. The monoisotopic (exact) mass is 403 g/mol. The summed E-state index contributed by atoms with van der Waals surface area (Å²) in [5.74, 6) is -0.228. The van der Waals surface area contributed by atoms with Crippen LogP contribution in [-0.2, 0) is 20.9 Å². The van der Waals surface area contributed by atoms with Crippen LogP contribution in [0.5, 0.6) is 0 Å². The molecule has 152 valence electrons. The van der Waals surface area contributed by atoms with E-state index in [1.807, 2.05) is 0 Å². The first-order chi connectivity index (χ1) is 13.4. The van der Waals surface area contributed by atoms with Gasteiger partial charge in [-0.3, -0.25) is 9.69 Å². The van der Waals surface area contributed by atoms with Crippen LogP contribution in [0.15, 0.2) is 35.7 Å². The zero-order valence-electron chi connectivity index (χ0n) is 17.1. The summed E-state index contributed by atoms with van der Waals surface area (Å²) in [6.45, 7) is 6.88. The summed E-state index contributed by atoms with van der Waals surface area (Å²) < 4.78 is 10.1. The summed E-state index contributed by atoms with van der Waals surface area (Å²) in [4.78, 5) is 38.0. The predicted molar refractivity (Wildman–Crippen MR) is 110 cm³/mol. The minimum absolute atomic E-state index is 0.103. The van der Waals surface area contributed by atoms with Crippen LogP contribution in [0.3, 0.4) is 0 Å². The van der Waals surface area contributed by atoms with Crippen molar-refractivity contribution in [1.82, 2.24) is 4.90 Å². The lowest BCUT2D eigenvalue weighted by molar-refractivity contribution is -0.115. The number of carbonyl (C=O) groups is 3. The van der Waals surface area contributed by atoms with Crippen LogP contribution in [0, 0.1) is 0 Å². The maximum absolute atomic E-state index is 12.5. The van der Waals surface area contributed by atoms with E-state index in [1.165, 1.54) is 12.0 Å². The molecule has 0 aliphatic carbocycles. The van der Waals surface area contributed by atoms with Crippen molar-refractivity contribution in [2.45, 2.75) is 51.9 Å². The summed E-state index contributed by atoms with van der Waals surface area (Å²) >= 11 is 0. The van der Waals surface area contributed by atoms with Gasteiger partial charge in [0.15, 0.2) is 5.78 Å². The summed E-state index contributed by atoms with van der Waals surface area (Å²) in [6, 6.07) is 9.70. The van der Waals surface area contributed by atoms with Crippen molar-refractivity contribution < 1.29 is 23.9 Å². The van der Waals surface area contributed by atoms with Gasteiger partial charge in [-0.1, -0.05) is 51.0 Å². The van der Waals surface area contributed by atoms with Crippen molar-refractivity contribution in [3.8, 4) is 0 Å². The Labute approximate surface area is 167 Å². The third kappa shape index (κ3) is 4.70. The van der Waals surface area contributed by atoms with Gasteiger partial charge in [-0.2, -0.15) is 0 Å². The standard InChI is InChI=1S/C21H29NO5Si/c1-5-28(6-2,7-3)19-14-22(13-12-18(19)23)21(25)27-15-16-8-10-17(11-9-16)20(24)26-4/h8-11,14H,5-7,12-13,15H2,1-4H3. The second-order valence-corrected chi connectivity index (χ2v) is 12.2. The third-order valence-electron chi connectivity index (χ3n) is 5.74. The number of hydrogen-bond donors (Lipinski definition) is 0. The Morgan fingerprint density at radius 3 is 2.21 bits per heavy atom. The van der Waals surface area contributed by atoms with Gasteiger partial charge in [0, 0.05) is 19.2 Å². The molecule has 1 amide bonds. The number of esters is 1. The third-order valence-corrected chi connectivity index (χ3v) is 11.3. The average Bonchev–Trinajstić information content (AvgIpc) is 2.74. The molecule has 0 saturated carbocycles. The van der Waals surface area contributed by atoms with E-state index in [1.54, 1.807) is 30.5 Å². The highest BCUT2D eigenvalue weighted by Gasteiger charge is 2.38. The lowest BCUT2D eigenvalue weighted by Crippen LogP contribution is -2.44. The highest BCUT2D eigenvalue weighted by molar-refractivity contribution is 6.90. The highest BCUT2D eigenvalue weighted by atomic mass is 28.3. The van der Waals surface area contributed by atoms with E-state index in [4.69, 9.17) is 4.74 Å². The van der Waals surface area contributed by atoms with Gasteiger partial charge in [-0.05, 0) is 22.9 Å². The molecule has 0 radical (unpaired) electrons. The first-order valence-corrected chi connectivity index (χ1v) is 12.4. The van der Waals surface area contributed by atoms with E-state index in [0.29, 0.717) is 18.5 Å². The Kier molecular flexibility index (Phi) is 7.57. The van der Waals surface area contributed by atoms with Gasteiger partial charge >= 0.3 is 12.1 Å². The molecule has 0 bridgehead atoms. The van der Waals surface area contributed by atoms with E-state index in [2.05, 4.69) is 25.5 Å². The molecule has 1 aliphatic rings. The van der Waals surface area contributed by atoms with Crippen LogP contribution in [0.1, 0.15) is 43.1 Å². The average molecular weight is 404 g/mol. The number of carbonyl (C=O) groups excluding carboxylic acids is 3. The molecule has 0 aromatic heterocycles. The topological polar surface area (TPSA) is 72.9 Å². The predicted octanol–water partition coefficient (Wildman–Crippen LogP) is 4.32. The van der Waals surface area contributed by atoms with Crippen LogP contribution in [0.25, 0.3) is 0 Å². The quantitative estimate of drug-likeness (QED) is 0.501. The first kappa shape index (κ1) is 21.9. The van der Waals surface area contributed by atoms with E-state index in [0.717, 1.165) is 28.9 Å². The molecule has 2 rings (SSSR count). The van der Waals surface area contributed by atoms with Gasteiger partial charge in [-0.25, -0.2) is 9.59 Å². The smallest absolute Gasteiger partial charge is 0.414 e. The second kappa shape index (κ2) is 9.68. The molecule has 0 unspecified atom stereocenters. The fourth-order valence-electron chi connectivity index (χ4n) is 3.63. The van der Waals surface area contributed by atoms with Crippen molar-refractivity contribution in [2.75, 3.05) is 13.7 Å². The van der Waals surface area contributed by atoms with E-state index < -0.39 is 20.1 Å². The zero-order valence-corrected chi connectivity index (χ0v) is 18.1.